The van der Waals surface area contributed by atoms with Gasteiger partial charge < -0.3 is 28.4 Å². The van der Waals surface area contributed by atoms with E-state index in [4.69, 9.17) is 28.4 Å². The van der Waals surface area contributed by atoms with Crippen LogP contribution in [0.15, 0.2) is 152 Å². The lowest BCUT2D eigenvalue weighted by Crippen LogP contribution is -2.71. The molecule has 0 radical (unpaired) electrons. The molecule has 56 heavy (non-hydrogen) atoms. The van der Waals surface area contributed by atoms with Crippen LogP contribution in [0.1, 0.15) is 34.2 Å². The van der Waals surface area contributed by atoms with E-state index in [0.717, 1.165) is 32.2 Å². The average Bonchev–Trinajstić information content (AvgIpc) is 3.56. The lowest BCUT2D eigenvalue weighted by atomic mass is 9.78. The molecule has 2 fully saturated rings. The van der Waals surface area contributed by atoms with Gasteiger partial charge in [-0.05, 0) is 34.2 Å². The molecule has 2 heterocycles. The summed E-state index contributed by atoms with van der Waals surface area (Å²) in [4.78, 5) is 16.7. The van der Waals surface area contributed by atoms with E-state index in [9.17, 15) is 4.79 Å². The molecule has 2 saturated heterocycles. The molecule has 0 aliphatic carbocycles. The maximum Gasteiger partial charge on any atom is 0.326 e. The van der Waals surface area contributed by atoms with Crippen molar-refractivity contribution in [3.05, 3.63) is 179 Å². The van der Waals surface area contributed by atoms with Crippen molar-refractivity contribution in [2.45, 2.75) is 81.5 Å². The Morgan fingerprint density at radius 3 is 1.57 bits per heavy atom. The Balaban J connectivity index is 1.33. The molecule has 0 amide bonds. The Morgan fingerprint density at radius 2 is 1.09 bits per heavy atom. The number of esters is 1. The highest BCUT2D eigenvalue weighted by molar-refractivity contribution is 14.1. The second-order valence-electron chi connectivity index (χ2n) is 14.4. The van der Waals surface area contributed by atoms with Crippen molar-refractivity contribution in [1.29, 1.82) is 0 Å². The van der Waals surface area contributed by atoms with E-state index in [-0.39, 0.29) is 25.2 Å². The van der Waals surface area contributed by atoms with E-state index < -0.39 is 36.1 Å². The van der Waals surface area contributed by atoms with Crippen molar-refractivity contribution >= 4 is 28.6 Å². The SMILES string of the molecule is COC(=O)[C@H]1N(Cc2ccccc2)[C@@H](CI)CC12OC(COCc1ccccc1)C(OCc1ccccc1)C(OCc1ccccc1)C2OCc1ccccc1. The molecule has 9 heteroatoms. The van der Waals surface area contributed by atoms with Gasteiger partial charge in [-0.15, -0.1) is 0 Å². The van der Waals surface area contributed by atoms with Crippen LogP contribution in [-0.4, -0.2) is 71.1 Å². The highest BCUT2D eigenvalue weighted by Crippen LogP contribution is 2.49. The first-order chi connectivity index (χ1) is 27.6. The minimum Gasteiger partial charge on any atom is -0.468 e. The predicted octanol–water partition coefficient (Wildman–Crippen LogP) is 8.35. The first-order valence-electron chi connectivity index (χ1n) is 19.3. The van der Waals surface area contributed by atoms with Gasteiger partial charge in [0.1, 0.15) is 36.1 Å². The summed E-state index contributed by atoms with van der Waals surface area (Å²) in [6.07, 6.45) is -2.15. The Labute approximate surface area is 344 Å². The van der Waals surface area contributed by atoms with Crippen LogP contribution in [0.3, 0.4) is 0 Å². The van der Waals surface area contributed by atoms with E-state index in [2.05, 4.69) is 51.8 Å². The molecule has 7 atom stereocenters. The van der Waals surface area contributed by atoms with Gasteiger partial charge in [-0.3, -0.25) is 9.69 Å². The molecule has 8 nitrogen and oxygen atoms in total. The molecule has 5 aromatic carbocycles. The number of halogens is 1. The molecule has 0 bridgehead atoms. The summed E-state index contributed by atoms with van der Waals surface area (Å²) in [5, 5.41) is 0. The number of carbonyl (C=O) groups excluding carboxylic acids is 1. The number of carbonyl (C=O) groups is 1. The van der Waals surface area contributed by atoms with Gasteiger partial charge in [0, 0.05) is 17.0 Å². The molecule has 7 rings (SSSR count). The predicted molar refractivity (Wildman–Crippen MR) is 224 cm³/mol. The third-order valence-electron chi connectivity index (χ3n) is 10.7. The lowest BCUT2D eigenvalue weighted by molar-refractivity contribution is -0.312. The van der Waals surface area contributed by atoms with Gasteiger partial charge in [-0.1, -0.05) is 174 Å². The number of hydrogen-bond acceptors (Lipinski definition) is 8. The van der Waals surface area contributed by atoms with Crippen LogP contribution in [0.25, 0.3) is 0 Å². The Bertz CT molecular complexity index is 1910. The molecule has 5 unspecified atom stereocenters. The number of benzene rings is 5. The second kappa shape index (κ2) is 20.0. The topological polar surface area (TPSA) is 75.7 Å². The van der Waals surface area contributed by atoms with Crippen LogP contribution in [0.5, 0.6) is 0 Å². The van der Waals surface area contributed by atoms with Crippen LogP contribution in [0.4, 0.5) is 0 Å². The van der Waals surface area contributed by atoms with Crippen molar-refractivity contribution < 1.29 is 33.2 Å². The number of nitrogens with zero attached hydrogens (tertiary/aromatic N) is 1. The fourth-order valence-electron chi connectivity index (χ4n) is 8.07. The Morgan fingerprint density at radius 1 is 0.643 bits per heavy atom. The van der Waals surface area contributed by atoms with Crippen LogP contribution in [-0.2, 0) is 66.2 Å². The van der Waals surface area contributed by atoms with Crippen molar-refractivity contribution in [3.8, 4) is 0 Å². The van der Waals surface area contributed by atoms with Crippen molar-refractivity contribution in [2.75, 3.05) is 18.1 Å². The Kier molecular flexibility index (Phi) is 14.4. The molecule has 1 spiro atoms. The minimum atomic E-state index is -1.19. The van der Waals surface area contributed by atoms with Gasteiger partial charge in [0.2, 0.25) is 0 Å². The summed E-state index contributed by atoms with van der Waals surface area (Å²) < 4.78 is 41.5. The fraction of sp³-hybridized carbons (Fsp3) is 0.340. The van der Waals surface area contributed by atoms with Gasteiger partial charge in [-0.2, -0.15) is 0 Å². The normalized spacial score (nSPS) is 25.0. The molecule has 0 N–H and O–H groups in total. The zero-order valence-corrected chi connectivity index (χ0v) is 33.9. The van der Waals surface area contributed by atoms with E-state index in [1.807, 2.05) is 127 Å². The van der Waals surface area contributed by atoms with Crippen LogP contribution < -0.4 is 0 Å². The van der Waals surface area contributed by atoms with Crippen LogP contribution in [0, 0.1) is 0 Å². The van der Waals surface area contributed by atoms with Gasteiger partial charge in [0.25, 0.3) is 0 Å². The number of alkyl halides is 1. The van der Waals surface area contributed by atoms with E-state index in [1.54, 1.807) is 0 Å². The molecule has 0 aromatic heterocycles. The van der Waals surface area contributed by atoms with Crippen LogP contribution >= 0.6 is 22.6 Å². The zero-order valence-electron chi connectivity index (χ0n) is 31.7. The van der Waals surface area contributed by atoms with E-state index in [1.165, 1.54) is 7.11 Å². The second-order valence-corrected chi connectivity index (χ2v) is 15.3. The third kappa shape index (κ3) is 9.77. The first-order valence-corrected chi connectivity index (χ1v) is 20.8. The van der Waals surface area contributed by atoms with Gasteiger partial charge in [-0.25, -0.2) is 0 Å². The highest BCUT2D eigenvalue weighted by Gasteiger charge is 2.67. The van der Waals surface area contributed by atoms with Crippen molar-refractivity contribution in [1.82, 2.24) is 4.90 Å². The third-order valence-corrected chi connectivity index (χ3v) is 11.7. The minimum absolute atomic E-state index is 0.0369. The molecular weight excluding hydrogens is 817 g/mol. The quantitative estimate of drug-likeness (QED) is 0.0525. The standard InChI is InChI=1S/C47H50INO7/c1-51-46(50)44-47(27-40(28-48)49(44)29-35-17-7-2-8-18-35)45(55-33-39-25-15-6-16-26-39)43(54-32-38-23-13-5-14-24-38)42(53-31-37-21-11-4-12-22-37)41(56-47)34-52-30-36-19-9-3-10-20-36/h2-26,40-45H,27-34H2,1H3/t40-,41?,42?,43?,44-,45?,47?/m1/s1. The first kappa shape index (κ1) is 40.3. The average molecular weight is 868 g/mol. The maximum atomic E-state index is 14.4. The number of ether oxygens (including phenoxy) is 6. The summed E-state index contributed by atoms with van der Waals surface area (Å²) in [6, 6.07) is 49.8. The monoisotopic (exact) mass is 867 g/mol. The molecule has 0 saturated carbocycles. The van der Waals surface area contributed by atoms with E-state index >= 15 is 0 Å². The van der Waals surface area contributed by atoms with Gasteiger partial charge >= 0.3 is 5.97 Å². The molecule has 5 aromatic rings. The molecule has 2 aliphatic heterocycles. The number of likely N-dealkylation sites (tertiary alicyclic amines) is 1. The summed E-state index contributed by atoms with van der Waals surface area (Å²) in [5.41, 5.74) is 3.98. The highest BCUT2D eigenvalue weighted by atomic mass is 127. The largest absolute Gasteiger partial charge is 0.468 e. The van der Waals surface area contributed by atoms with Crippen molar-refractivity contribution in [2.24, 2.45) is 0 Å². The smallest absolute Gasteiger partial charge is 0.326 e. The van der Waals surface area contributed by atoms with Crippen LogP contribution in [0.2, 0.25) is 0 Å². The number of hydrogen-bond donors (Lipinski definition) is 0. The molecule has 292 valence electrons. The summed E-state index contributed by atoms with van der Waals surface area (Å²) >= 11 is 2.43. The summed E-state index contributed by atoms with van der Waals surface area (Å²) in [7, 11) is 1.45. The zero-order chi connectivity index (χ0) is 38.6. The van der Waals surface area contributed by atoms with Gasteiger partial charge in [0.15, 0.2) is 0 Å². The van der Waals surface area contributed by atoms with Gasteiger partial charge in [0.05, 0.1) is 40.1 Å². The Hall–Kier alpha value is -3.94. The molecular formula is C47H50INO7. The number of methoxy groups -OCH3 is 1. The fourth-order valence-corrected chi connectivity index (χ4v) is 8.88. The molecule has 2 aliphatic rings. The summed E-state index contributed by atoms with van der Waals surface area (Å²) in [5.74, 6) is -0.379. The van der Waals surface area contributed by atoms with Crippen molar-refractivity contribution in [3.63, 3.8) is 0 Å². The van der Waals surface area contributed by atoms with E-state index in [0.29, 0.717) is 32.8 Å². The maximum absolute atomic E-state index is 14.4. The number of rotatable bonds is 17. The summed E-state index contributed by atoms with van der Waals surface area (Å²) in [6.45, 7) is 2.04. The lowest BCUT2D eigenvalue weighted by Gasteiger charge is -2.53.